The highest BCUT2D eigenvalue weighted by atomic mass is 32.2. The summed E-state index contributed by atoms with van der Waals surface area (Å²) in [5.41, 5.74) is 0.982. The van der Waals surface area contributed by atoms with Crippen LogP contribution in [-0.4, -0.2) is 43.6 Å². The van der Waals surface area contributed by atoms with Crippen LogP contribution in [0.1, 0.15) is 12.5 Å². The normalized spacial score (nSPS) is 21.6. The van der Waals surface area contributed by atoms with E-state index in [-0.39, 0.29) is 17.5 Å². The first kappa shape index (κ1) is 15.5. The van der Waals surface area contributed by atoms with Gasteiger partial charge < -0.3 is 10.0 Å². The number of carboxylic acid groups (broad SMARTS) is 1. The molecule has 1 aliphatic heterocycles. The maximum Gasteiger partial charge on any atom is 0.328 e. The molecule has 1 fully saturated rings. The third-order valence-corrected chi connectivity index (χ3v) is 5.12. The number of rotatable bonds is 3. The van der Waals surface area contributed by atoms with Gasteiger partial charge in [-0.25, -0.2) is 17.6 Å². The highest BCUT2D eigenvalue weighted by molar-refractivity contribution is 7.91. The summed E-state index contributed by atoms with van der Waals surface area (Å²) in [5, 5.41) is 8.60. The minimum atomic E-state index is -3.04. The quantitative estimate of drug-likeness (QED) is 0.857. The number of halogens is 1. The second-order valence-corrected chi connectivity index (χ2v) is 7.30. The zero-order valence-corrected chi connectivity index (χ0v) is 12.3. The topological polar surface area (TPSA) is 74.7 Å². The maximum atomic E-state index is 13.7. The number of aliphatic carboxylic acids is 1. The molecule has 0 aliphatic carbocycles. The maximum absolute atomic E-state index is 13.7. The molecule has 1 saturated heterocycles. The molecule has 1 aromatic carbocycles. The highest BCUT2D eigenvalue weighted by Gasteiger charge is 2.28. The van der Waals surface area contributed by atoms with Crippen molar-refractivity contribution >= 4 is 27.6 Å². The van der Waals surface area contributed by atoms with Gasteiger partial charge in [-0.2, -0.15) is 0 Å². The Morgan fingerprint density at radius 1 is 1.43 bits per heavy atom. The van der Waals surface area contributed by atoms with Gasteiger partial charge in [0.05, 0.1) is 11.5 Å². The zero-order chi connectivity index (χ0) is 15.6. The number of carboxylic acids is 1. The van der Waals surface area contributed by atoms with E-state index in [9.17, 15) is 17.6 Å². The third-order valence-electron chi connectivity index (χ3n) is 3.33. The summed E-state index contributed by atoms with van der Waals surface area (Å²) in [6.07, 6.45) is 2.24. The summed E-state index contributed by atoms with van der Waals surface area (Å²) in [4.78, 5) is 12.3. The van der Waals surface area contributed by atoms with Crippen LogP contribution in [0.3, 0.4) is 0 Å². The molecular formula is C14H16FNO4S. The van der Waals surface area contributed by atoms with Crippen molar-refractivity contribution in [1.82, 2.24) is 0 Å². The minimum Gasteiger partial charge on any atom is -0.478 e. The Labute approximate surface area is 122 Å². The average molecular weight is 313 g/mol. The van der Waals surface area contributed by atoms with Crippen LogP contribution in [0.5, 0.6) is 0 Å². The van der Waals surface area contributed by atoms with Crippen LogP contribution < -0.4 is 4.90 Å². The number of anilines is 1. The lowest BCUT2D eigenvalue weighted by molar-refractivity contribution is -0.131. The van der Waals surface area contributed by atoms with Gasteiger partial charge in [0.2, 0.25) is 0 Å². The van der Waals surface area contributed by atoms with E-state index in [1.54, 1.807) is 13.0 Å². The Balaban J connectivity index is 2.30. The molecule has 0 spiro atoms. The van der Waals surface area contributed by atoms with Crippen molar-refractivity contribution in [3.63, 3.8) is 0 Å². The van der Waals surface area contributed by atoms with E-state index in [1.165, 1.54) is 18.2 Å². The lowest BCUT2D eigenvalue weighted by Gasteiger charge is -2.35. The number of carbonyl (C=O) groups is 1. The van der Waals surface area contributed by atoms with E-state index in [0.29, 0.717) is 17.8 Å². The molecule has 1 atom stereocenters. The first-order valence-corrected chi connectivity index (χ1v) is 8.28. The largest absolute Gasteiger partial charge is 0.478 e. The van der Waals surface area contributed by atoms with Gasteiger partial charge in [-0.05, 0) is 36.8 Å². The van der Waals surface area contributed by atoms with Crippen molar-refractivity contribution < 1.29 is 22.7 Å². The molecule has 1 heterocycles. The Morgan fingerprint density at radius 3 is 2.76 bits per heavy atom. The lowest BCUT2D eigenvalue weighted by Crippen LogP contribution is -2.47. The smallest absolute Gasteiger partial charge is 0.328 e. The molecular weight excluding hydrogens is 297 g/mol. The van der Waals surface area contributed by atoms with Crippen LogP contribution >= 0.6 is 0 Å². The second-order valence-electron chi connectivity index (χ2n) is 5.07. The fourth-order valence-corrected chi connectivity index (χ4v) is 3.96. The molecule has 0 bridgehead atoms. The lowest BCUT2D eigenvalue weighted by atomic mass is 10.1. The van der Waals surface area contributed by atoms with E-state index >= 15 is 0 Å². The Hall–Kier alpha value is -1.89. The minimum absolute atomic E-state index is 0.0316. The van der Waals surface area contributed by atoms with Crippen molar-refractivity contribution in [2.75, 3.05) is 23.0 Å². The van der Waals surface area contributed by atoms with Crippen LogP contribution in [0, 0.1) is 5.82 Å². The predicted octanol–water partition coefficient (Wildman–Crippen LogP) is 1.55. The van der Waals surface area contributed by atoms with Gasteiger partial charge >= 0.3 is 5.97 Å². The molecule has 7 heteroatoms. The first-order chi connectivity index (χ1) is 9.77. The monoisotopic (exact) mass is 313 g/mol. The summed E-state index contributed by atoms with van der Waals surface area (Å²) in [5.74, 6) is -1.53. The van der Waals surface area contributed by atoms with E-state index in [1.807, 2.05) is 4.90 Å². The molecule has 1 unspecified atom stereocenters. The van der Waals surface area contributed by atoms with Crippen molar-refractivity contribution in [3.05, 3.63) is 35.7 Å². The molecule has 1 N–H and O–H groups in total. The summed E-state index contributed by atoms with van der Waals surface area (Å²) in [6, 6.07) is 3.96. The average Bonchev–Trinajstić information content (AvgIpc) is 2.34. The SMILES string of the molecule is CC1CS(=O)(=O)CCN1c1cc(F)cc(/C=C/C(=O)O)c1. The summed E-state index contributed by atoms with van der Waals surface area (Å²) in [6.45, 7) is 2.07. The second kappa shape index (κ2) is 5.85. The predicted molar refractivity (Wildman–Crippen MR) is 78.5 cm³/mol. The van der Waals surface area contributed by atoms with Gasteiger partial charge in [0, 0.05) is 24.4 Å². The fourth-order valence-electron chi connectivity index (χ4n) is 2.41. The molecule has 0 aromatic heterocycles. The van der Waals surface area contributed by atoms with Crippen LogP contribution in [0.15, 0.2) is 24.3 Å². The van der Waals surface area contributed by atoms with Gasteiger partial charge in [0.25, 0.3) is 0 Å². The molecule has 1 aliphatic rings. The van der Waals surface area contributed by atoms with E-state index in [4.69, 9.17) is 5.11 Å². The Morgan fingerprint density at radius 2 is 2.14 bits per heavy atom. The van der Waals surface area contributed by atoms with E-state index in [0.717, 1.165) is 6.08 Å². The Bertz CT molecular complexity index is 684. The van der Waals surface area contributed by atoms with Crippen LogP contribution in [0.4, 0.5) is 10.1 Å². The standard InChI is InChI=1S/C14H16FNO4S/c1-10-9-21(19,20)5-4-16(10)13-7-11(2-3-14(17)18)6-12(15)8-13/h2-3,6-8,10H,4-5,9H2,1H3,(H,17,18)/b3-2+. The molecule has 0 saturated carbocycles. The van der Waals surface area contributed by atoms with Gasteiger partial charge in [0.1, 0.15) is 5.82 Å². The van der Waals surface area contributed by atoms with Crippen molar-refractivity contribution in [1.29, 1.82) is 0 Å². The molecule has 2 rings (SSSR count). The van der Waals surface area contributed by atoms with E-state index < -0.39 is 21.6 Å². The third kappa shape index (κ3) is 4.04. The highest BCUT2D eigenvalue weighted by Crippen LogP contribution is 2.24. The molecule has 1 aromatic rings. The van der Waals surface area contributed by atoms with Crippen LogP contribution in [0.25, 0.3) is 6.08 Å². The van der Waals surface area contributed by atoms with Gasteiger partial charge in [-0.15, -0.1) is 0 Å². The number of hydrogen-bond acceptors (Lipinski definition) is 4. The van der Waals surface area contributed by atoms with E-state index in [2.05, 4.69) is 0 Å². The number of benzene rings is 1. The Kier molecular flexibility index (Phi) is 4.32. The van der Waals surface area contributed by atoms with Gasteiger partial charge in [0.15, 0.2) is 9.84 Å². The van der Waals surface area contributed by atoms with Crippen LogP contribution in [-0.2, 0) is 14.6 Å². The summed E-state index contributed by atoms with van der Waals surface area (Å²) < 4.78 is 36.8. The molecule has 5 nitrogen and oxygen atoms in total. The van der Waals surface area contributed by atoms with Crippen LogP contribution in [0.2, 0.25) is 0 Å². The zero-order valence-electron chi connectivity index (χ0n) is 11.5. The van der Waals surface area contributed by atoms with Crippen molar-refractivity contribution in [2.45, 2.75) is 13.0 Å². The number of hydrogen-bond donors (Lipinski definition) is 1. The molecule has 114 valence electrons. The fraction of sp³-hybridized carbons (Fsp3) is 0.357. The van der Waals surface area contributed by atoms with Gasteiger partial charge in [-0.3, -0.25) is 0 Å². The van der Waals surface area contributed by atoms with Gasteiger partial charge in [-0.1, -0.05) is 0 Å². The van der Waals surface area contributed by atoms with Crippen molar-refractivity contribution in [3.8, 4) is 0 Å². The number of nitrogens with zero attached hydrogens (tertiary/aromatic N) is 1. The molecule has 0 radical (unpaired) electrons. The number of sulfone groups is 1. The summed E-state index contributed by atoms with van der Waals surface area (Å²) >= 11 is 0. The van der Waals surface area contributed by atoms with Crippen molar-refractivity contribution in [2.24, 2.45) is 0 Å². The molecule has 21 heavy (non-hydrogen) atoms. The summed E-state index contributed by atoms with van der Waals surface area (Å²) in [7, 11) is -3.04. The first-order valence-electron chi connectivity index (χ1n) is 6.45. The molecule has 0 amide bonds.